The van der Waals surface area contributed by atoms with E-state index in [0.29, 0.717) is 36.3 Å². The predicted molar refractivity (Wildman–Crippen MR) is 91.4 cm³/mol. The number of hydrogen-bond acceptors (Lipinski definition) is 4. The molecule has 0 aliphatic carbocycles. The van der Waals surface area contributed by atoms with E-state index in [-0.39, 0.29) is 0 Å². The molecule has 0 saturated heterocycles. The van der Waals surface area contributed by atoms with Crippen molar-refractivity contribution >= 4 is 37.0 Å². The minimum atomic E-state index is -1.13. The zero-order valence-electron chi connectivity index (χ0n) is 13.5. The summed E-state index contributed by atoms with van der Waals surface area (Å²) in [4.78, 5) is 19.8. The standard InChI is InChI=1S/C15H22ClN3O2Si/c1-5-11-12(8-20)19(10-21-6-7-22(2,3)4)15-13(11)14(16)17-9-18-15/h8-9H,5-7,10H2,1-4H3. The van der Waals surface area contributed by atoms with Crippen LogP contribution in [-0.2, 0) is 17.9 Å². The number of rotatable bonds is 7. The molecule has 0 amide bonds. The summed E-state index contributed by atoms with van der Waals surface area (Å²) in [5, 5.41) is 1.13. The van der Waals surface area contributed by atoms with Crippen molar-refractivity contribution in [3.05, 3.63) is 22.7 Å². The first-order chi connectivity index (χ1) is 10.4. The van der Waals surface area contributed by atoms with Gasteiger partial charge in [0.1, 0.15) is 23.9 Å². The van der Waals surface area contributed by atoms with Crippen LogP contribution in [0.15, 0.2) is 6.33 Å². The van der Waals surface area contributed by atoms with Crippen LogP contribution in [0.2, 0.25) is 30.8 Å². The minimum absolute atomic E-state index is 0.308. The van der Waals surface area contributed by atoms with E-state index in [2.05, 4.69) is 29.6 Å². The zero-order valence-corrected chi connectivity index (χ0v) is 15.3. The third-order valence-corrected chi connectivity index (χ3v) is 5.61. The molecule has 0 unspecified atom stereocenters. The lowest BCUT2D eigenvalue weighted by Crippen LogP contribution is -2.22. The summed E-state index contributed by atoms with van der Waals surface area (Å²) in [5.74, 6) is 0. The molecule has 0 N–H and O–H groups in total. The molecular weight excluding hydrogens is 318 g/mol. The highest BCUT2D eigenvalue weighted by Gasteiger charge is 2.20. The Kier molecular flexibility index (Phi) is 5.36. The minimum Gasteiger partial charge on any atom is -0.361 e. The summed E-state index contributed by atoms with van der Waals surface area (Å²) in [5.41, 5.74) is 2.12. The fourth-order valence-corrected chi connectivity index (χ4v) is 3.38. The Bertz CT molecular complexity index is 679. The molecule has 22 heavy (non-hydrogen) atoms. The van der Waals surface area contributed by atoms with Crippen LogP contribution in [0, 0.1) is 0 Å². The van der Waals surface area contributed by atoms with Gasteiger partial charge in [-0.25, -0.2) is 9.97 Å². The Hall–Kier alpha value is -1.24. The molecule has 7 heteroatoms. The lowest BCUT2D eigenvalue weighted by atomic mass is 10.1. The van der Waals surface area contributed by atoms with Gasteiger partial charge < -0.3 is 4.74 Å². The van der Waals surface area contributed by atoms with Crippen LogP contribution in [0.25, 0.3) is 11.0 Å². The van der Waals surface area contributed by atoms with Gasteiger partial charge in [0.15, 0.2) is 6.29 Å². The molecule has 0 saturated carbocycles. The monoisotopic (exact) mass is 339 g/mol. The second-order valence-electron chi connectivity index (χ2n) is 6.47. The number of nitrogens with zero attached hydrogens (tertiary/aromatic N) is 3. The van der Waals surface area contributed by atoms with E-state index < -0.39 is 8.07 Å². The molecule has 2 rings (SSSR count). The first kappa shape index (κ1) is 17.1. The van der Waals surface area contributed by atoms with Gasteiger partial charge >= 0.3 is 0 Å². The molecule has 0 spiro atoms. The largest absolute Gasteiger partial charge is 0.361 e. The van der Waals surface area contributed by atoms with E-state index in [0.717, 1.165) is 23.3 Å². The third kappa shape index (κ3) is 3.56. The smallest absolute Gasteiger partial charge is 0.166 e. The van der Waals surface area contributed by atoms with Crippen molar-refractivity contribution in [3.63, 3.8) is 0 Å². The van der Waals surface area contributed by atoms with Crippen molar-refractivity contribution in [1.29, 1.82) is 0 Å². The number of carbonyl (C=O) groups excluding carboxylic acids is 1. The normalized spacial score (nSPS) is 12.0. The molecule has 2 heterocycles. The van der Waals surface area contributed by atoms with Crippen LogP contribution in [0.5, 0.6) is 0 Å². The van der Waals surface area contributed by atoms with Crippen molar-refractivity contribution < 1.29 is 9.53 Å². The van der Waals surface area contributed by atoms with Crippen LogP contribution in [0.3, 0.4) is 0 Å². The number of aldehydes is 1. The van der Waals surface area contributed by atoms with Crippen molar-refractivity contribution in [3.8, 4) is 0 Å². The average molecular weight is 340 g/mol. The van der Waals surface area contributed by atoms with Gasteiger partial charge in [-0.05, 0) is 18.0 Å². The summed E-state index contributed by atoms with van der Waals surface area (Å²) in [6.45, 7) is 9.90. The highest BCUT2D eigenvalue weighted by molar-refractivity contribution is 6.76. The number of ether oxygens (including phenoxy) is 1. The van der Waals surface area contributed by atoms with E-state index in [1.807, 2.05) is 6.92 Å². The lowest BCUT2D eigenvalue weighted by Gasteiger charge is -2.16. The van der Waals surface area contributed by atoms with Gasteiger partial charge in [-0.2, -0.15) is 0 Å². The highest BCUT2D eigenvalue weighted by atomic mass is 35.5. The van der Waals surface area contributed by atoms with Gasteiger partial charge in [-0.3, -0.25) is 9.36 Å². The molecule has 120 valence electrons. The van der Waals surface area contributed by atoms with Gasteiger partial charge in [-0.1, -0.05) is 38.2 Å². The molecule has 0 fully saturated rings. The summed E-state index contributed by atoms with van der Waals surface area (Å²) in [7, 11) is -1.13. The maximum absolute atomic E-state index is 11.5. The first-order valence-electron chi connectivity index (χ1n) is 7.43. The van der Waals surface area contributed by atoms with Crippen molar-refractivity contribution in [2.75, 3.05) is 6.61 Å². The molecular formula is C15H22ClN3O2Si. The average Bonchev–Trinajstić information content (AvgIpc) is 2.77. The Morgan fingerprint density at radius 2 is 2.09 bits per heavy atom. The summed E-state index contributed by atoms with van der Waals surface area (Å²) < 4.78 is 7.57. The highest BCUT2D eigenvalue weighted by Crippen LogP contribution is 2.29. The van der Waals surface area contributed by atoms with E-state index in [1.165, 1.54) is 6.33 Å². The third-order valence-electron chi connectivity index (χ3n) is 3.62. The molecule has 0 bridgehead atoms. The van der Waals surface area contributed by atoms with Crippen molar-refractivity contribution in [2.45, 2.75) is 45.8 Å². The Balaban J connectivity index is 2.32. The van der Waals surface area contributed by atoms with Gasteiger partial charge in [0.05, 0.1) is 11.1 Å². The topological polar surface area (TPSA) is 57.0 Å². The van der Waals surface area contributed by atoms with E-state index in [9.17, 15) is 4.79 Å². The summed E-state index contributed by atoms with van der Waals surface area (Å²) in [6.07, 6.45) is 2.95. The molecule has 2 aromatic heterocycles. The molecule has 2 aromatic rings. The van der Waals surface area contributed by atoms with Gasteiger partial charge in [0, 0.05) is 14.7 Å². The van der Waals surface area contributed by atoms with Crippen LogP contribution < -0.4 is 0 Å². The van der Waals surface area contributed by atoms with Crippen LogP contribution >= 0.6 is 11.6 Å². The number of halogens is 1. The summed E-state index contributed by atoms with van der Waals surface area (Å²) in [6, 6.07) is 1.08. The molecule has 0 atom stereocenters. The second kappa shape index (κ2) is 6.89. The maximum atomic E-state index is 11.5. The number of hydrogen-bond donors (Lipinski definition) is 0. The Morgan fingerprint density at radius 1 is 1.36 bits per heavy atom. The SMILES string of the molecule is CCc1c(C=O)n(COCC[Si](C)(C)C)c2ncnc(Cl)c12. The second-order valence-corrected chi connectivity index (χ2v) is 12.5. The van der Waals surface area contributed by atoms with Crippen LogP contribution in [0.4, 0.5) is 0 Å². The summed E-state index contributed by atoms with van der Waals surface area (Å²) >= 11 is 6.19. The molecule has 0 aliphatic heterocycles. The predicted octanol–water partition coefficient (Wildman–Crippen LogP) is 3.77. The molecule has 0 aliphatic rings. The van der Waals surface area contributed by atoms with Crippen molar-refractivity contribution in [1.82, 2.24) is 14.5 Å². The number of carbonyl (C=O) groups is 1. The van der Waals surface area contributed by atoms with Crippen LogP contribution in [0.1, 0.15) is 23.0 Å². The lowest BCUT2D eigenvalue weighted by molar-refractivity contribution is 0.0858. The van der Waals surface area contributed by atoms with Gasteiger partial charge in [0.2, 0.25) is 0 Å². The fourth-order valence-electron chi connectivity index (χ4n) is 2.38. The molecule has 0 radical (unpaired) electrons. The fraction of sp³-hybridized carbons (Fsp3) is 0.533. The maximum Gasteiger partial charge on any atom is 0.166 e. The zero-order chi connectivity index (χ0) is 16.3. The first-order valence-corrected chi connectivity index (χ1v) is 11.5. The Morgan fingerprint density at radius 3 is 2.68 bits per heavy atom. The molecule has 0 aromatic carbocycles. The van der Waals surface area contributed by atoms with E-state index in [1.54, 1.807) is 4.57 Å². The van der Waals surface area contributed by atoms with Gasteiger partial charge in [-0.15, -0.1) is 0 Å². The van der Waals surface area contributed by atoms with Crippen LogP contribution in [-0.4, -0.2) is 35.5 Å². The number of aromatic nitrogens is 3. The number of fused-ring (bicyclic) bond motifs is 1. The quantitative estimate of drug-likeness (QED) is 0.333. The Labute approximate surface area is 136 Å². The van der Waals surface area contributed by atoms with Gasteiger partial charge in [0.25, 0.3) is 0 Å². The van der Waals surface area contributed by atoms with E-state index in [4.69, 9.17) is 16.3 Å². The number of aryl methyl sites for hydroxylation is 1. The van der Waals surface area contributed by atoms with Crippen molar-refractivity contribution in [2.24, 2.45) is 0 Å². The molecule has 5 nitrogen and oxygen atoms in total. The van der Waals surface area contributed by atoms with E-state index >= 15 is 0 Å².